The summed E-state index contributed by atoms with van der Waals surface area (Å²) < 4.78 is 0. The van der Waals surface area contributed by atoms with Crippen LogP contribution in [0.15, 0.2) is 6.20 Å². The third-order valence-corrected chi connectivity index (χ3v) is 2.90. The Morgan fingerprint density at radius 2 is 2.20 bits per heavy atom. The molecule has 0 aromatic carbocycles. The molecule has 1 amide bonds. The average Bonchev–Trinajstić information content (AvgIpc) is 2.48. The Labute approximate surface area is 93.9 Å². The summed E-state index contributed by atoms with van der Waals surface area (Å²) in [7, 11) is 0. The van der Waals surface area contributed by atoms with E-state index < -0.39 is 6.04 Å². The number of nitrogens with zero attached hydrogens (tertiary/aromatic N) is 1. The van der Waals surface area contributed by atoms with Crippen LogP contribution in [-0.4, -0.2) is 16.9 Å². The summed E-state index contributed by atoms with van der Waals surface area (Å²) in [4.78, 5) is 16.8. The van der Waals surface area contributed by atoms with Crippen molar-refractivity contribution in [2.75, 3.05) is 5.32 Å². The number of rotatable bonds is 2. The van der Waals surface area contributed by atoms with Crippen LogP contribution in [0.4, 0.5) is 5.13 Å². The van der Waals surface area contributed by atoms with Crippen molar-refractivity contribution in [2.45, 2.75) is 33.7 Å². The summed E-state index contributed by atoms with van der Waals surface area (Å²) in [5, 5.41) is 3.32. The van der Waals surface area contributed by atoms with Gasteiger partial charge in [0.15, 0.2) is 5.13 Å². The van der Waals surface area contributed by atoms with Crippen molar-refractivity contribution < 1.29 is 4.79 Å². The van der Waals surface area contributed by atoms with Crippen molar-refractivity contribution in [3.63, 3.8) is 0 Å². The van der Waals surface area contributed by atoms with E-state index in [-0.39, 0.29) is 11.3 Å². The zero-order chi connectivity index (χ0) is 11.6. The first kappa shape index (κ1) is 12.1. The number of carbonyl (C=O) groups excluding carboxylic acids is 1. The summed E-state index contributed by atoms with van der Waals surface area (Å²) >= 11 is 1.45. The Hall–Kier alpha value is -0.940. The van der Waals surface area contributed by atoms with Crippen LogP contribution in [0, 0.1) is 12.3 Å². The molecule has 3 N–H and O–H groups in total. The quantitative estimate of drug-likeness (QED) is 0.809. The maximum Gasteiger partial charge on any atom is 0.243 e. The normalized spacial score (nSPS) is 13.7. The number of hydrogen-bond donors (Lipinski definition) is 2. The van der Waals surface area contributed by atoms with Crippen LogP contribution >= 0.6 is 11.3 Å². The molecule has 1 rings (SSSR count). The maximum absolute atomic E-state index is 11.7. The van der Waals surface area contributed by atoms with Crippen LogP contribution in [0.3, 0.4) is 0 Å². The highest BCUT2D eigenvalue weighted by atomic mass is 32.1. The molecular weight excluding hydrogens is 210 g/mol. The molecule has 4 nitrogen and oxygen atoms in total. The second kappa shape index (κ2) is 4.28. The molecular formula is C10H17N3OS. The zero-order valence-corrected chi connectivity index (χ0v) is 10.3. The number of aryl methyl sites for hydroxylation is 1. The summed E-state index contributed by atoms with van der Waals surface area (Å²) in [5.74, 6) is -0.183. The molecule has 0 fully saturated rings. The highest BCUT2D eigenvalue weighted by Gasteiger charge is 2.27. The highest BCUT2D eigenvalue weighted by molar-refractivity contribution is 7.15. The summed E-state index contributed by atoms with van der Waals surface area (Å²) in [6.45, 7) is 7.75. The van der Waals surface area contributed by atoms with Gasteiger partial charge in [-0.15, -0.1) is 11.3 Å². The Kier molecular flexibility index (Phi) is 3.46. The number of carbonyl (C=O) groups is 1. The number of hydrogen-bond acceptors (Lipinski definition) is 4. The number of nitrogens with two attached hydrogens (primary N) is 1. The van der Waals surface area contributed by atoms with E-state index in [9.17, 15) is 4.79 Å². The molecule has 0 bridgehead atoms. The Bertz CT molecular complexity index is 354. The fourth-order valence-electron chi connectivity index (χ4n) is 0.989. The molecule has 0 spiro atoms. The number of nitrogens with one attached hydrogen (secondary N) is 1. The molecule has 0 aliphatic carbocycles. The first-order valence-corrected chi connectivity index (χ1v) is 5.61. The second-order valence-electron chi connectivity index (χ2n) is 4.61. The van der Waals surface area contributed by atoms with E-state index in [1.165, 1.54) is 11.3 Å². The van der Waals surface area contributed by atoms with Crippen molar-refractivity contribution in [2.24, 2.45) is 11.1 Å². The van der Waals surface area contributed by atoms with Gasteiger partial charge in [0.1, 0.15) is 0 Å². The maximum atomic E-state index is 11.7. The number of amides is 1. The lowest BCUT2D eigenvalue weighted by Crippen LogP contribution is -2.45. The fourth-order valence-corrected chi connectivity index (χ4v) is 1.66. The van der Waals surface area contributed by atoms with Crippen LogP contribution in [0.2, 0.25) is 0 Å². The van der Waals surface area contributed by atoms with Gasteiger partial charge in [-0.2, -0.15) is 0 Å². The lowest BCUT2D eigenvalue weighted by Gasteiger charge is -2.25. The molecule has 1 unspecified atom stereocenters. The molecule has 0 radical (unpaired) electrons. The Balaban J connectivity index is 2.64. The lowest BCUT2D eigenvalue weighted by molar-refractivity contribution is -0.119. The zero-order valence-electron chi connectivity index (χ0n) is 9.50. The minimum absolute atomic E-state index is 0.183. The van der Waals surface area contributed by atoms with E-state index in [1.807, 2.05) is 27.7 Å². The summed E-state index contributed by atoms with van der Waals surface area (Å²) in [5.41, 5.74) is 5.57. The standard InChI is InChI=1S/C10H17N3OS/c1-6-5-12-9(15-6)13-8(14)7(11)10(2,3)4/h5,7H,11H2,1-4H3,(H,12,13,14). The van der Waals surface area contributed by atoms with Crippen LogP contribution in [0.25, 0.3) is 0 Å². The monoisotopic (exact) mass is 227 g/mol. The van der Waals surface area contributed by atoms with E-state index in [0.29, 0.717) is 5.13 Å². The third kappa shape index (κ3) is 3.28. The van der Waals surface area contributed by atoms with Gasteiger partial charge >= 0.3 is 0 Å². The smallest absolute Gasteiger partial charge is 0.243 e. The van der Waals surface area contributed by atoms with Crippen molar-refractivity contribution >= 4 is 22.4 Å². The van der Waals surface area contributed by atoms with Gasteiger partial charge in [-0.3, -0.25) is 4.79 Å². The van der Waals surface area contributed by atoms with Gasteiger partial charge in [0.25, 0.3) is 0 Å². The molecule has 1 aromatic heterocycles. The molecule has 84 valence electrons. The minimum atomic E-state index is -0.526. The van der Waals surface area contributed by atoms with E-state index >= 15 is 0 Å². The molecule has 5 heteroatoms. The topological polar surface area (TPSA) is 68.0 Å². The van der Waals surface area contributed by atoms with Gasteiger partial charge in [0, 0.05) is 11.1 Å². The molecule has 0 aliphatic rings. The lowest BCUT2D eigenvalue weighted by atomic mass is 9.87. The van der Waals surface area contributed by atoms with Crippen molar-refractivity contribution in [3.8, 4) is 0 Å². The average molecular weight is 227 g/mol. The van der Waals surface area contributed by atoms with Gasteiger partial charge in [-0.1, -0.05) is 20.8 Å². The second-order valence-corrected chi connectivity index (χ2v) is 5.84. The summed E-state index contributed by atoms with van der Waals surface area (Å²) in [6.07, 6.45) is 1.73. The third-order valence-electron chi connectivity index (χ3n) is 2.07. The van der Waals surface area contributed by atoms with Crippen LogP contribution in [-0.2, 0) is 4.79 Å². The Morgan fingerprint density at radius 3 is 2.60 bits per heavy atom. The van der Waals surface area contributed by atoms with Crippen molar-refractivity contribution in [3.05, 3.63) is 11.1 Å². The molecule has 0 saturated carbocycles. The van der Waals surface area contributed by atoms with E-state index in [4.69, 9.17) is 5.73 Å². The van der Waals surface area contributed by atoms with Crippen LogP contribution in [0.5, 0.6) is 0 Å². The van der Waals surface area contributed by atoms with E-state index in [2.05, 4.69) is 10.3 Å². The SMILES string of the molecule is Cc1cnc(NC(=O)C(N)C(C)(C)C)s1. The highest BCUT2D eigenvalue weighted by Crippen LogP contribution is 2.21. The van der Waals surface area contributed by atoms with Crippen molar-refractivity contribution in [1.29, 1.82) is 0 Å². The molecule has 1 aromatic rings. The van der Waals surface area contributed by atoms with E-state index in [1.54, 1.807) is 6.20 Å². The van der Waals surface area contributed by atoms with Crippen molar-refractivity contribution in [1.82, 2.24) is 4.98 Å². The minimum Gasteiger partial charge on any atom is -0.319 e. The van der Waals surface area contributed by atoms with Gasteiger partial charge in [0.05, 0.1) is 6.04 Å². The predicted molar refractivity (Wildman–Crippen MR) is 62.9 cm³/mol. The number of anilines is 1. The molecule has 15 heavy (non-hydrogen) atoms. The van der Waals surface area contributed by atoms with E-state index in [0.717, 1.165) is 4.88 Å². The fraction of sp³-hybridized carbons (Fsp3) is 0.600. The van der Waals surface area contributed by atoms with Gasteiger partial charge in [-0.05, 0) is 12.3 Å². The largest absolute Gasteiger partial charge is 0.319 e. The Morgan fingerprint density at radius 1 is 1.60 bits per heavy atom. The van der Waals surface area contributed by atoms with Gasteiger partial charge < -0.3 is 11.1 Å². The van der Waals surface area contributed by atoms with Gasteiger partial charge in [-0.25, -0.2) is 4.98 Å². The summed E-state index contributed by atoms with van der Waals surface area (Å²) in [6, 6.07) is -0.526. The van der Waals surface area contributed by atoms with Crippen LogP contribution < -0.4 is 11.1 Å². The van der Waals surface area contributed by atoms with Gasteiger partial charge in [0.2, 0.25) is 5.91 Å². The molecule has 0 saturated heterocycles. The number of thiazole rings is 1. The van der Waals surface area contributed by atoms with Crippen LogP contribution in [0.1, 0.15) is 25.6 Å². The number of aromatic nitrogens is 1. The first-order chi connectivity index (χ1) is 6.80. The first-order valence-electron chi connectivity index (χ1n) is 4.79. The molecule has 1 atom stereocenters. The molecule has 1 heterocycles. The molecule has 0 aliphatic heterocycles. The predicted octanol–water partition coefficient (Wildman–Crippen LogP) is 1.76.